The molecule has 0 spiro atoms. The van der Waals surface area contributed by atoms with Crippen LogP contribution in [0.4, 0.5) is 4.39 Å². The predicted molar refractivity (Wildman–Crippen MR) is 74.2 cm³/mol. The first-order chi connectivity index (χ1) is 8.72. The van der Waals surface area contributed by atoms with Crippen LogP contribution in [-0.4, -0.2) is 11.5 Å². The molecule has 2 nitrogen and oxygen atoms in total. The zero-order valence-corrected chi connectivity index (χ0v) is 11.4. The van der Waals surface area contributed by atoms with E-state index in [0.29, 0.717) is 5.56 Å². The van der Waals surface area contributed by atoms with Crippen LogP contribution in [0.15, 0.2) is 29.6 Å². The number of hydrogen-bond acceptors (Lipinski definition) is 3. The first-order valence-electron chi connectivity index (χ1n) is 6.16. The highest BCUT2D eigenvalue weighted by Gasteiger charge is 2.12. The molecule has 96 valence electrons. The van der Waals surface area contributed by atoms with Gasteiger partial charge in [0.15, 0.2) is 0 Å². The minimum atomic E-state index is -0.215. The summed E-state index contributed by atoms with van der Waals surface area (Å²) in [4.78, 5) is 4.51. The van der Waals surface area contributed by atoms with Gasteiger partial charge in [0, 0.05) is 17.0 Å². The average molecular weight is 264 g/mol. The van der Waals surface area contributed by atoms with E-state index in [1.807, 2.05) is 11.4 Å². The first-order valence-corrected chi connectivity index (χ1v) is 7.04. The molecule has 1 aromatic carbocycles. The van der Waals surface area contributed by atoms with Crippen LogP contribution in [0.25, 0.3) is 10.6 Å². The van der Waals surface area contributed by atoms with Crippen molar-refractivity contribution >= 4 is 11.3 Å². The van der Waals surface area contributed by atoms with Crippen LogP contribution in [0.2, 0.25) is 0 Å². The van der Waals surface area contributed by atoms with Gasteiger partial charge in [0.1, 0.15) is 10.8 Å². The lowest BCUT2D eigenvalue weighted by atomic mass is 10.2. The summed E-state index contributed by atoms with van der Waals surface area (Å²) in [6.45, 7) is 5.18. The number of nitrogens with one attached hydrogen (secondary N) is 1. The normalized spacial score (nSPS) is 12.6. The third kappa shape index (κ3) is 2.94. The highest BCUT2D eigenvalue weighted by atomic mass is 32.1. The maximum atomic E-state index is 13.6. The van der Waals surface area contributed by atoms with Crippen molar-refractivity contribution in [1.82, 2.24) is 10.3 Å². The topological polar surface area (TPSA) is 24.9 Å². The molecule has 1 unspecified atom stereocenters. The highest BCUT2D eigenvalue weighted by Crippen LogP contribution is 2.27. The maximum absolute atomic E-state index is 13.6. The Bertz CT molecular complexity index is 510. The van der Waals surface area contributed by atoms with Gasteiger partial charge in [0.05, 0.1) is 5.69 Å². The third-order valence-corrected chi connectivity index (χ3v) is 3.66. The van der Waals surface area contributed by atoms with Crippen molar-refractivity contribution in [3.63, 3.8) is 0 Å². The lowest BCUT2D eigenvalue weighted by Crippen LogP contribution is -2.19. The third-order valence-electron chi connectivity index (χ3n) is 2.77. The Morgan fingerprint density at radius 3 is 2.89 bits per heavy atom. The number of thiazole rings is 1. The second-order valence-electron chi connectivity index (χ2n) is 4.23. The fraction of sp³-hybridized carbons (Fsp3) is 0.357. The molecule has 1 atom stereocenters. The molecule has 0 radical (unpaired) electrons. The van der Waals surface area contributed by atoms with Crippen LogP contribution >= 0.6 is 11.3 Å². The van der Waals surface area contributed by atoms with E-state index in [-0.39, 0.29) is 11.9 Å². The van der Waals surface area contributed by atoms with E-state index in [0.717, 1.165) is 23.7 Å². The summed E-state index contributed by atoms with van der Waals surface area (Å²) < 4.78 is 13.6. The summed E-state index contributed by atoms with van der Waals surface area (Å²) >= 11 is 1.49. The van der Waals surface area contributed by atoms with Crippen LogP contribution < -0.4 is 5.32 Å². The van der Waals surface area contributed by atoms with Crippen LogP contribution in [0.1, 0.15) is 32.0 Å². The summed E-state index contributed by atoms with van der Waals surface area (Å²) in [5.41, 5.74) is 1.56. The Morgan fingerprint density at radius 1 is 1.39 bits per heavy atom. The Morgan fingerprint density at radius 2 is 2.17 bits per heavy atom. The number of aromatic nitrogens is 1. The predicted octanol–water partition coefficient (Wildman–Crippen LogP) is 4.01. The van der Waals surface area contributed by atoms with Gasteiger partial charge in [0.2, 0.25) is 0 Å². The van der Waals surface area contributed by atoms with Gasteiger partial charge in [-0.15, -0.1) is 11.3 Å². The second-order valence-corrected chi connectivity index (χ2v) is 5.09. The molecular formula is C14H17FN2S. The van der Waals surface area contributed by atoms with Crippen LogP contribution in [0.3, 0.4) is 0 Å². The SMILES string of the molecule is CCCNC(C)c1csc(-c2ccccc2F)n1. The van der Waals surface area contributed by atoms with Crippen molar-refractivity contribution < 1.29 is 4.39 Å². The number of benzene rings is 1. The standard InChI is InChI=1S/C14H17FN2S/c1-3-8-16-10(2)13-9-18-14(17-13)11-6-4-5-7-12(11)15/h4-7,9-10,16H,3,8H2,1-2H3. The number of hydrogen-bond donors (Lipinski definition) is 1. The Labute approximate surface area is 111 Å². The van der Waals surface area contributed by atoms with Crippen molar-refractivity contribution in [3.05, 3.63) is 41.2 Å². The molecule has 18 heavy (non-hydrogen) atoms. The Balaban J connectivity index is 2.18. The van der Waals surface area contributed by atoms with Gasteiger partial charge in [-0.2, -0.15) is 0 Å². The molecule has 0 aliphatic heterocycles. The van der Waals surface area contributed by atoms with Crippen molar-refractivity contribution in [2.75, 3.05) is 6.54 Å². The van der Waals surface area contributed by atoms with Crippen molar-refractivity contribution in [1.29, 1.82) is 0 Å². The lowest BCUT2D eigenvalue weighted by Gasteiger charge is -2.09. The smallest absolute Gasteiger partial charge is 0.133 e. The highest BCUT2D eigenvalue weighted by molar-refractivity contribution is 7.13. The van der Waals surface area contributed by atoms with Gasteiger partial charge in [0.25, 0.3) is 0 Å². The molecule has 0 fully saturated rings. The lowest BCUT2D eigenvalue weighted by molar-refractivity contribution is 0.561. The molecular weight excluding hydrogens is 247 g/mol. The van der Waals surface area contributed by atoms with E-state index in [1.165, 1.54) is 17.4 Å². The molecule has 1 N–H and O–H groups in total. The number of nitrogens with zero attached hydrogens (tertiary/aromatic N) is 1. The fourth-order valence-electron chi connectivity index (χ4n) is 1.71. The molecule has 1 heterocycles. The molecule has 4 heteroatoms. The molecule has 0 aliphatic rings. The molecule has 0 saturated heterocycles. The van der Waals surface area contributed by atoms with Crippen molar-refractivity contribution in [2.24, 2.45) is 0 Å². The van der Waals surface area contributed by atoms with Gasteiger partial charge < -0.3 is 5.32 Å². The van der Waals surface area contributed by atoms with Gasteiger partial charge in [-0.05, 0) is 32.0 Å². The molecule has 0 amide bonds. The quantitative estimate of drug-likeness (QED) is 0.882. The summed E-state index contributed by atoms with van der Waals surface area (Å²) in [6.07, 6.45) is 1.09. The van der Waals surface area contributed by atoms with Crippen molar-refractivity contribution in [2.45, 2.75) is 26.3 Å². The zero-order chi connectivity index (χ0) is 13.0. The summed E-state index contributed by atoms with van der Waals surface area (Å²) in [7, 11) is 0. The fourth-order valence-corrected chi connectivity index (χ4v) is 2.65. The summed E-state index contributed by atoms with van der Waals surface area (Å²) in [5.74, 6) is -0.215. The van der Waals surface area contributed by atoms with Crippen LogP contribution in [0, 0.1) is 5.82 Å². The maximum Gasteiger partial charge on any atom is 0.133 e. The molecule has 2 aromatic rings. The number of rotatable bonds is 5. The second kappa shape index (κ2) is 6.07. The van der Waals surface area contributed by atoms with E-state index in [4.69, 9.17) is 0 Å². The first kappa shape index (κ1) is 13.2. The minimum absolute atomic E-state index is 0.210. The molecule has 2 rings (SSSR count). The summed E-state index contributed by atoms with van der Waals surface area (Å²) in [5, 5.41) is 6.12. The zero-order valence-electron chi connectivity index (χ0n) is 10.6. The van der Waals surface area contributed by atoms with Crippen LogP contribution in [0.5, 0.6) is 0 Å². The molecule has 0 bridgehead atoms. The molecule has 0 aliphatic carbocycles. The van der Waals surface area contributed by atoms with E-state index < -0.39 is 0 Å². The monoisotopic (exact) mass is 264 g/mol. The van der Waals surface area contributed by atoms with Gasteiger partial charge in [-0.25, -0.2) is 9.37 Å². The van der Waals surface area contributed by atoms with E-state index in [1.54, 1.807) is 12.1 Å². The number of halogens is 1. The minimum Gasteiger partial charge on any atom is -0.309 e. The largest absolute Gasteiger partial charge is 0.309 e. The van der Waals surface area contributed by atoms with E-state index in [2.05, 4.69) is 24.1 Å². The Hall–Kier alpha value is -1.26. The van der Waals surface area contributed by atoms with Gasteiger partial charge in [-0.3, -0.25) is 0 Å². The average Bonchev–Trinajstić information content (AvgIpc) is 2.86. The van der Waals surface area contributed by atoms with Crippen molar-refractivity contribution in [3.8, 4) is 10.6 Å². The van der Waals surface area contributed by atoms with E-state index >= 15 is 0 Å². The Kier molecular flexibility index (Phi) is 4.44. The van der Waals surface area contributed by atoms with Gasteiger partial charge in [-0.1, -0.05) is 19.1 Å². The van der Waals surface area contributed by atoms with Crippen LogP contribution in [-0.2, 0) is 0 Å². The summed E-state index contributed by atoms with van der Waals surface area (Å²) in [6, 6.07) is 6.97. The van der Waals surface area contributed by atoms with E-state index in [9.17, 15) is 4.39 Å². The molecule has 1 aromatic heterocycles. The molecule has 0 saturated carbocycles. The van der Waals surface area contributed by atoms with Gasteiger partial charge >= 0.3 is 0 Å².